The zero-order chi connectivity index (χ0) is 12.0. The molecule has 0 aromatic carbocycles. The molecule has 1 aliphatic heterocycles. The van der Waals surface area contributed by atoms with Crippen LogP contribution in [0.4, 0.5) is 0 Å². The first kappa shape index (κ1) is 13.5. The van der Waals surface area contributed by atoms with E-state index < -0.39 is 0 Å². The minimum Gasteiger partial charge on any atom is -0.352 e. The van der Waals surface area contributed by atoms with E-state index in [-0.39, 0.29) is 5.91 Å². The van der Waals surface area contributed by atoms with E-state index in [4.69, 9.17) is 0 Å². The van der Waals surface area contributed by atoms with Gasteiger partial charge in [-0.05, 0) is 24.8 Å². The number of piperidine rings is 1. The summed E-state index contributed by atoms with van der Waals surface area (Å²) in [4.78, 5) is 11.8. The van der Waals surface area contributed by atoms with Crippen LogP contribution in [-0.2, 0) is 4.79 Å². The SMILES string of the molecule is CCCC(C)CC(=O)NC1CNCCC1C. The third-order valence-electron chi connectivity index (χ3n) is 3.49. The topological polar surface area (TPSA) is 41.1 Å². The van der Waals surface area contributed by atoms with Gasteiger partial charge in [-0.1, -0.05) is 33.6 Å². The van der Waals surface area contributed by atoms with E-state index in [2.05, 4.69) is 31.4 Å². The van der Waals surface area contributed by atoms with Gasteiger partial charge in [-0.2, -0.15) is 0 Å². The van der Waals surface area contributed by atoms with E-state index >= 15 is 0 Å². The molecule has 2 N–H and O–H groups in total. The van der Waals surface area contributed by atoms with Crippen LogP contribution in [0.5, 0.6) is 0 Å². The minimum absolute atomic E-state index is 0.224. The van der Waals surface area contributed by atoms with Gasteiger partial charge >= 0.3 is 0 Å². The number of carbonyl (C=O) groups is 1. The molecule has 3 heteroatoms. The number of amides is 1. The molecule has 0 aliphatic carbocycles. The highest BCUT2D eigenvalue weighted by Gasteiger charge is 2.22. The number of rotatable bonds is 5. The van der Waals surface area contributed by atoms with Crippen LogP contribution in [0.15, 0.2) is 0 Å². The molecule has 0 bridgehead atoms. The van der Waals surface area contributed by atoms with Gasteiger partial charge in [0.2, 0.25) is 5.91 Å². The Kier molecular flexibility index (Phi) is 5.81. The van der Waals surface area contributed by atoms with Crippen molar-refractivity contribution < 1.29 is 4.79 Å². The van der Waals surface area contributed by atoms with Gasteiger partial charge in [0.1, 0.15) is 0 Å². The van der Waals surface area contributed by atoms with Crippen LogP contribution < -0.4 is 10.6 Å². The second-order valence-corrected chi connectivity index (χ2v) is 5.24. The number of nitrogens with one attached hydrogen (secondary N) is 2. The standard InChI is InChI=1S/C13H26N2O/c1-4-5-10(2)8-13(16)15-12-9-14-7-6-11(12)3/h10-12,14H,4-9H2,1-3H3,(H,15,16). The van der Waals surface area contributed by atoms with E-state index in [1.807, 2.05) is 0 Å². The zero-order valence-electron chi connectivity index (χ0n) is 10.9. The second kappa shape index (κ2) is 6.89. The van der Waals surface area contributed by atoms with Crippen LogP contribution in [0.1, 0.15) is 46.5 Å². The molecule has 1 fully saturated rings. The Morgan fingerprint density at radius 1 is 1.56 bits per heavy atom. The molecule has 3 unspecified atom stereocenters. The Labute approximate surface area is 99.4 Å². The lowest BCUT2D eigenvalue weighted by Crippen LogP contribution is -2.50. The highest BCUT2D eigenvalue weighted by atomic mass is 16.1. The first-order valence-corrected chi connectivity index (χ1v) is 6.63. The smallest absolute Gasteiger partial charge is 0.220 e. The summed E-state index contributed by atoms with van der Waals surface area (Å²) in [5.74, 6) is 1.34. The van der Waals surface area contributed by atoms with Gasteiger partial charge in [0.05, 0.1) is 0 Å². The molecular formula is C13H26N2O. The van der Waals surface area contributed by atoms with Gasteiger partial charge in [0.15, 0.2) is 0 Å². The fraction of sp³-hybridized carbons (Fsp3) is 0.923. The van der Waals surface area contributed by atoms with Crippen LogP contribution in [0.25, 0.3) is 0 Å². The van der Waals surface area contributed by atoms with Crippen LogP contribution in [0.3, 0.4) is 0 Å². The van der Waals surface area contributed by atoms with Gasteiger partial charge in [-0.3, -0.25) is 4.79 Å². The molecule has 1 heterocycles. The molecule has 1 rings (SSSR count). The largest absolute Gasteiger partial charge is 0.352 e. The summed E-state index contributed by atoms with van der Waals surface area (Å²) < 4.78 is 0. The average Bonchev–Trinajstić information content (AvgIpc) is 2.21. The molecule has 0 spiro atoms. The van der Waals surface area contributed by atoms with Crippen molar-refractivity contribution in [2.24, 2.45) is 11.8 Å². The van der Waals surface area contributed by atoms with E-state index in [1.54, 1.807) is 0 Å². The predicted octanol–water partition coefficient (Wildman–Crippen LogP) is 1.93. The van der Waals surface area contributed by atoms with Crippen molar-refractivity contribution in [2.75, 3.05) is 13.1 Å². The fourth-order valence-corrected chi connectivity index (χ4v) is 2.36. The van der Waals surface area contributed by atoms with Crippen molar-refractivity contribution in [2.45, 2.75) is 52.5 Å². The molecule has 1 amide bonds. The number of hydrogen-bond acceptors (Lipinski definition) is 2. The molecule has 1 saturated heterocycles. The molecule has 1 aliphatic rings. The lowest BCUT2D eigenvalue weighted by Gasteiger charge is -2.30. The van der Waals surface area contributed by atoms with Gasteiger partial charge in [0.25, 0.3) is 0 Å². The van der Waals surface area contributed by atoms with Crippen molar-refractivity contribution in [3.8, 4) is 0 Å². The van der Waals surface area contributed by atoms with E-state index in [0.717, 1.165) is 32.4 Å². The molecule has 0 aromatic rings. The van der Waals surface area contributed by atoms with Gasteiger partial charge in [-0.25, -0.2) is 0 Å². The van der Waals surface area contributed by atoms with Gasteiger partial charge in [0, 0.05) is 19.0 Å². The summed E-state index contributed by atoms with van der Waals surface area (Å²) in [6, 6.07) is 0.329. The normalized spacial score (nSPS) is 27.4. The van der Waals surface area contributed by atoms with E-state index in [0.29, 0.717) is 24.3 Å². The third kappa shape index (κ3) is 4.52. The van der Waals surface area contributed by atoms with Crippen molar-refractivity contribution in [3.05, 3.63) is 0 Å². The maximum atomic E-state index is 11.8. The van der Waals surface area contributed by atoms with E-state index in [1.165, 1.54) is 0 Å². The monoisotopic (exact) mass is 226 g/mol. The average molecular weight is 226 g/mol. The van der Waals surface area contributed by atoms with Crippen molar-refractivity contribution in [3.63, 3.8) is 0 Å². The first-order valence-electron chi connectivity index (χ1n) is 6.63. The Hall–Kier alpha value is -0.570. The number of hydrogen-bond donors (Lipinski definition) is 2. The molecular weight excluding hydrogens is 200 g/mol. The van der Waals surface area contributed by atoms with Crippen LogP contribution in [-0.4, -0.2) is 25.0 Å². The molecule has 3 nitrogen and oxygen atoms in total. The molecule has 0 aromatic heterocycles. The van der Waals surface area contributed by atoms with Crippen molar-refractivity contribution in [1.82, 2.24) is 10.6 Å². The minimum atomic E-state index is 0.224. The first-order chi connectivity index (χ1) is 7.63. The quantitative estimate of drug-likeness (QED) is 0.752. The van der Waals surface area contributed by atoms with Gasteiger partial charge in [-0.15, -0.1) is 0 Å². The summed E-state index contributed by atoms with van der Waals surface area (Å²) in [6.45, 7) is 8.56. The highest BCUT2D eigenvalue weighted by molar-refractivity contribution is 5.76. The summed E-state index contributed by atoms with van der Waals surface area (Å²) in [6.07, 6.45) is 4.15. The molecule has 94 valence electrons. The summed E-state index contributed by atoms with van der Waals surface area (Å²) in [5, 5.41) is 6.49. The van der Waals surface area contributed by atoms with Crippen LogP contribution in [0, 0.1) is 11.8 Å². The zero-order valence-corrected chi connectivity index (χ0v) is 10.9. The summed E-state index contributed by atoms with van der Waals surface area (Å²) in [5.41, 5.74) is 0. The van der Waals surface area contributed by atoms with Crippen LogP contribution in [0.2, 0.25) is 0 Å². The molecule has 0 radical (unpaired) electrons. The summed E-state index contributed by atoms with van der Waals surface area (Å²) >= 11 is 0. The Morgan fingerprint density at radius 2 is 2.31 bits per heavy atom. The molecule has 16 heavy (non-hydrogen) atoms. The number of carbonyl (C=O) groups excluding carboxylic acids is 1. The predicted molar refractivity (Wildman–Crippen MR) is 67.3 cm³/mol. The van der Waals surface area contributed by atoms with Crippen molar-refractivity contribution in [1.29, 1.82) is 0 Å². The highest BCUT2D eigenvalue weighted by Crippen LogP contribution is 2.13. The Morgan fingerprint density at radius 3 is 2.94 bits per heavy atom. The Balaban J connectivity index is 2.27. The summed E-state index contributed by atoms with van der Waals surface area (Å²) in [7, 11) is 0. The lowest BCUT2D eigenvalue weighted by atomic mass is 9.94. The fourth-order valence-electron chi connectivity index (χ4n) is 2.36. The van der Waals surface area contributed by atoms with Gasteiger partial charge < -0.3 is 10.6 Å². The lowest BCUT2D eigenvalue weighted by molar-refractivity contribution is -0.123. The molecule has 3 atom stereocenters. The third-order valence-corrected chi connectivity index (χ3v) is 3.49. The molecule has 0 saturated carbocycles. The van der Waals surface area contributed by atoms with Crippen LogP contribution >= 0.6 is 0 Å². The second-order valence-electron chi connectivity index (χ2n) is 5.24. The maximum Gasteiger partial charge on any atom is 0.220 e. The maximum absolute atomic E-state index is 11.8. The van der Waals surface area contributed by atoms with Crippen molar-refractivity contribution >= 4 is 5.91 Å². The van der Waals surface area contributed by atoms with E-state index in [9.17, 15) is 4.79 Å². The Bertz CT molecular complexity index is 218.